The number of sulfone groups is 1. The van der Waals surface area contributed by atoms with Crippen LogP contribution in [0.2, 0.25) is 5.02 Å². The zero-order valence-corrected chi connectivity index (χ0v) is 18.7. The molecular weight excluding hydrogens is 451 g/mol. The summed E-state index contributed by atoms with van der Waals surface area (Å²) in [5.74, 6) is 1.32. The lowest BCUT2D eigenvalue weighted by atomic mass is 10.1. The molecule has 0 saturated carbocycles. The smallest absolute Gasteiger partial charge is 0.164 e. The van der Waals surface area contributed by atoms with Crippen molar-refractivity contribution in [2.75, 3.05) is 30.6 Å². The van der Waals surface area contributed by atoms with Crippen molar-refractivity contribution in [1.29, 1.82) is 0 Å². The molecule has 4 rings (SSSR count). The highest BCUT2D eigenvalue weighted by Gasteiger charge is 2.47. The molecule has 0 N–H and O–H groups in total. The monoisotopic (exact) mass is 470 g/mol. The average Bonchev–Trinajstić information content (AvgIpc) is 3.17. The second-order valence-corrected chi connectivity index (χ2v) is 10.6. The molecule has 0 amide bonds. The Hall–Kier alpha value is -1.97. The van der Waals surface area contributed by atoms with E-state index in [9.17, 15) is 12.8 Å². The van der Waals surface area contributed by atoms with Crippen molar-refractivity contribution in [3.05, 3.63) is 52.8 Å². The molecule has 2 heterocycles. The number of aliphatic imine (C=N–C) groups is 1. The minimum atomic E-state index is -3.18. The zero-order chi connectivity index (χ0) is 21.5. The van der Waals surface area contributed by atoms with Crippen LogP contribution in [0.4, 0.5) is 10.1 Å². The van der Waals surface area contributed by atoms with E-state index in [4.69, 9.17) is 26.1 Å². The Balaban J connectivity index is 1.69. The third kappa shape index (κ3) is 4.10. The van der Waals surface area contributed by atoms with Crippen molar-refractivity contribution < 1.29 is 22.3 Å². The van der Waals surface area contributed by atoms with Crippen molar-refractivity contribution in [2.24, 2.45) is 4.99 Å². The number of thioether (sulfide) groups is 1. The van der Waals surface area contributed by atoms with Gasteiger partial charge in [-0.15, -0.1) is 0 Å². The van der Waals surface area contributed by atoms with Crippen LogP contribution in [0.1, 0.15) is 5.56 Å². The summed E-state index contributed by atoms with van der Waals surface area (Å²) in [5, 5.41) is 1.02. The van der Waals surface area contributed by atoms with Gasteiger partial charge in [-0.3, -0.25) is 4.99 Å². The maximum Gasteiger partial charge on any atom is 0.164 e. The molecule has 0 unspecified atom stereocenters. The fourth-order valence-corrected chi connectivity index (χ4v) is 6.96. The first-order chi connectivity index (χ1) is 14.3. The van der Waals surface area contributed by atoms with Gasteiger partial charge in [-0.05, 0) is 29.8 Å². The maximum absolute atomic E-state index is 13.3. The molecule has 2 aromatic rings. The lowest BCUT2D eigenvalue weighted by Crippen LogP contribution is -2.39. The molecule has 2 aromatic carbocycles. The Labute approximate surface area is 183 Å². The number of rotatable bonds is 5. The normalized spacial score (nSPS) is 22.0. The van der Waals surface area contributed by atoms with E-state index < -0.39 is 15.7 Å². The number of ether oxygens (including phenoxy) is 2. The first kappa shape index (κ1) is 21.3. The van der Waals surface area contributed by atoms with Crippen LogP contribution in [-0.2, 0) is 15.6 Å². The molecule has 6 nitrogen and oxygen atoms in total. The molecule has 1 saturated heterocycles. The van der Waals surface area contributed by atoms with Gasteiger partial charge in [0.15, 0.2) is 15.0 Å². The predicted molar refractivity (Wildman–Crippen MR) is 118 cm³/mol. The van der Waals surface area contributed by atoms with Gasteiger partial charge < -0.3 is 14.4 Å². The number of halogens is 2. The van der Waals surface area contributed by atoms with Crippen LogP contribution in [0.15, 0.2) is 41.4 Å². The van der Waals surface area contributed by atoms with Crippen molar-refractivity contribution in [3.8, 4) is 11.5 Å². The molecule has 0 radical (unpaired) electrons. The van der Waals surface area contributed by atoms with Crippen LogP contribution in [0.3, 0.4) is 0 Å². The van der Waals surface area contributed by atoms with Crippen molar-refractivity contribution in [3.63, 3.8) is 0 Å². The first-order valence-electron chi connectivity index (χ1n) is 9.17. The highest BCUT2D eigenvalue weighted by Crippen LogP contribution is 2.41. The zero-order valence-electron chi connectivity index (χ0n) is 16.3. The summed E-state index contributed by atoms with van der Waals surface area (Å²) in [5.41, 5.74) is 1.46. The Morgan fingerprint density at radius 3 is 2.70 bits per heavy atom. The number of anilines is 1. The number of amidine groups is 1. The second kappa shape index (κ2) is 8.28. The molecule has 30 heavy (non-hydrogen) atoms. The minimum Gasteiger partial charge on any atom is -0.497 e. The lowest BCUT2D eigenvalue weighted by molar-refractivity contribution is 0.403. The molecule has 2 atom stereocenters. The Kier molecular flexibility index (Phi) is 5.87. The van der Waals surface area contributed by atoms with Gasteiger partial charge in [-0.2, -0.15) is 0 Å². The first-order valence-corrected chi connectivity index (χ1v) is 12.4. The van der Waals surface area contributed by atoms with Crippen LogP contribution in [0, 0.1) is 5.82 Å². The molecule has 0 aliphatic carbocycles. The van der Waals surface area contributed by atoms with Gasteiger partial charge in [-0.25, -0.2) is 12.8 Å². The number of hydrogen-bond donors (Lipinski definition) is 0. The van der Waals surface area contributed by atoms with Crippen LogP contribution < -0.4 is 14.4 Å². The van der Waals surface area contributed by atoms with Gasteiger partial charge in [0.25, 0.3) is 0 Å². The summed E-state index contributed by atoms with van der Waals surface area (Å²) in [6.45, 7) is 0. The number of fused-ring (bicyclic) bond motifs is 1. The van der Waals surface area contributed by atoms with Crippen LogP contribution in [0.25, 0.3) is 0 Å². The van der Waals surface area contributed by atoms with Crippen molar-refractivity contribution in [1.82, 2.24) is 0 Å². The summed E-state index contributed by atoms with van der Waals surface area (Å²) in [6, 6.07) is 8.99. The van der Waals surface area contributed by atoms with Crippen LogP contribution in [0.5, 0.6) is 11.5 Å². The summed E-state index contributed by atoms with van der Waals surface area (Å²) in [6.07, 6.45) is 0. The van der Waals surface area contributed by atoms with Crippen LogP contribution >= 0.6 is 23.4 Å². The predicted octanol–water partition coefficient (Wildman–Crippen LogP) is 3.77. The van der Waals surface area contributed by atoms with E-state index in [0.29, 0.717) is 33.1 Å². The van der Waals surface area contributed by atoms with Gasteiger partial charge in [0.1, 0.15) is 17.3 Å². The van der Waals surface area contributed by atoms with E-state index in [1.165, 1.54) is 23.9 Å². The maximum atomic E-state index is 13.3. The number of nitrogens with zero attached hydrogens (tertiary/aromatic N) is 2. The van der Waals surface area contributed by atoms with E-state index in [2.05, 4.69) is 0 Å². The molecule has 1 fully saturated rings. The van der Waals surface area contributed by atoms with Crippen molar-refractivity contribution >= 4 is 44.1 Å². The topological polar surface area (TPSA) is 68.2 Å². The molecule has 2 aliphatic heterocycles. The highest BCUT2D eigenvalue weighted by molar-refractivity contribution is 8.13. The van der Waals surface area contributed by atoms with E-state index in [1.807, 2.05) is 11.0 Å². The second-order valence-electron chi connectivity index (χ2n) is 7.06. The summed E-state index contributed by atoms with van der Waals surface area (Å²) in [4.78, 5) is 6.62. The fraction of sp³-hybridized carbons (Fsp3) is 0.350. The number of hydrogen-bond acceptors (Lipinski definition) is 7. The van der Waals surface area contributed by atoms with Gasteiger partial charge in [0.05, 0.1) is 43.5 Å². The SMILES string of the molecule is COc1ccc(OC)c(N2C(SCc3ccc(F)cc3Cl)=N[C@@H]3CS(=O)(=O)C[C@@H]32)c1. The number of benzene rings is 2. The van der Waals surface area contributed by atoms with E-state index in [1.54, 1.807) is 32.4 Å². The number of methoxy groups -OCH3 is 2. The molecule has 0 spiro atoms. The van der Waals surface area contributed by atoms with Gasteiger partial charge in [0.2, 0.25) is 0 Å². The van der Waals surface area contributed by atoms with Gasteiger partial charge in [0, 0.05) is 16.8 Å². The van der Waals surface area contributed by atoms with Gasteiger partial charge >= 0.3 is 0 Å². The molecule has 0 aromatic heterocycles. The van der Waals surface area contributed by atoms with E-state index in [0.717, 1.165) is 5.56 Å². The summed E-state index contributed by atoms with van der Waals surface area (Å²) < 4.78 is 48.7. The minimum absolute atomic E-state index is 0.0157. The third-order valence-electron chi connectivity index (χ3n) is 5.12. The van der Waals surface area contributed by atoms with Crippen LogP contribution in [-0.4, -0.2) is 51.4 Å². The van der Waals surface area contributed by atoms with E-state index in [-0.39, 0.29) is 23.6 Å². The fourth-order valence-electron chi connectivity index (χ4n) is 3.68. The molecule has 160 valence electrons. The quantitative estimate of drug-likeness (QED) is 0.662. The lowest BCUT2D eigenvalue weighted by Gasteiger charge is -2.28. The summed E-state index contributed by atoms with van der Waals surface area (Å²) >= 11 is 7.59. The van der Waals surface area contributed by atoms with Gasteiger partial charge in [-0.1, -0.05) is 29.4 Å². The average molecular weight is 471 g/mol. The molecule has 0 bridgehead atoms. The third-order valence-corrected chi connectivity index (χ3v) is 8.19. The molecule has 2 aliphatic rings. The highest BCUT2D eigenvalue weighted by atomic mass is 35.5. The largest absolute Gasteiger partial charge is 0.497 e. The standard InChI is InChI=1S/C20H20ClFN2O4S2/c1-27-14-5-6-19(28-2)17(8-14)24-18-11-30(25,26)10-16(18)23-20(24)29-9-12-3-4-13(22)7-15(12)21/h3-8,16,18H,9-11H2,1-2H3/t16-,18+/m1/s1. The molecule has 10 heteroatoms. The Bertz CT molecular complexity index is 1110. The molecular formula is C20H20ClFN2O4S2. The van der Waals surface area contributed by atoms with Crippen molar-refractivity contribution in [2.45, 2.75) is 17.8 Å². The Morgan fingerprint density at radius 2 is 2.00 bits per heavy atom. The van der Waals surface area contributed by atoms with E-state index >= 15 is 0 Å². The Morgan fingerprint density at radius 1 is 1.20 bits per heavy atom. The summed E-state index contributed by atoms with van der Waals surface area (Å²) in [7, 11) is -0.0464.